The summed E-state index contributed by atoms with van der Waals surface area (Å²) in [5.41, 5.74) is 0. The van der Waals surface area contributed by atoms with E-state index < -0.39 is 0 Å². The molecule has 0 aliphatic heterocycles. The molecule has 0 spiro atoms. The molecule has 2 heteroatoms. The minimum Gasteiger partial charge on any atom is -0.358 e. The Morgan fingerprint density at radius 1 is 0.800 bits per heavy atom. The van der Waals surface area contributed by atoms with Crippen LogP contribution in [0.2, 0.25) is 0 Å². The molecule has 0 saturated heterocycles. The van der Waals surface area contributed by atoms with Crippen LogP contribution in [-0.4, -0.2) is 0 Å². The Morgan fingerprint density at radius 3 is 0.900 bits per heavy atom. The van der Waals surface area contributed by atoms with Gasteiger partial charge in [-0.2, -0.15) is 0 Å². The van der Waals surface area contributed by atoms with Crippen LogP contribution < -0.4 is 0 Å². The summed E-state index contributed by atoms with van der Waals surface area (Å²) in [4.78, 5) is 0. The van der Waals surface area contributed by atoms with Crippen molar-refractivity contribution in [2.75, 3.05) is 0 Å². The van der Waals surface area contributed by atoms with Crippen molar-refractivity contribution in [2.45, 2.75) is 47.0 Å². The van der Waals surface area contributed by atoms with Crippen molar-refractivity contribution in [3.8, 4) is 0 Å². The number of hydrogen-bond donors (Lipinski definition) is 0. The molecule has 0 atom stereocenters. The van der Waals surface area contributed by atoms with Gasteiger partial charge in [0.05, 0.1) is 0 Å². The Hall–Kier alpha value is 1.78. The van der Waals surface area contributed by atoms with Crippen molar-refractivity contribution in [1.29, 1.82) is 0 Å². The summed E-state index contributed by atoms with van der Waals surface area (Å²) in [6.45, 7) is 8.61. The van der Waals surface area contributed by atoms with E-state index in [0.717, 1.165) is 0 Å². The molecule has 0 aromatic carbocycles. The quantitative estimate of drug-likeness (QED) is 0.386. The van der Waals surface area contributed by atoms with Gasteiger partial charge < -0.3 is 7.43 Å². The second kappa shape index (κ2) is 45.1. The maximum atomic E-state index is 2.18. The Bertz CT molecular complexity index is 16.7. The number of hydrogen-bond acceptors (Lipinski definition) is 0. The van der Waals surface area contributed by atoms with E-state index in [1.807, 2.05) is 0 Å². The van der Waals surface area contributed by atoms with Crippen LogP contribution in [0.25, 0.3) is 0 Å². The van der Waals surface area contributed by atoms with Crippen molar-refractivity contribution in [3.63, 3.8) is 0 Å². The first kappa shape index (κ1) is 29.8. The van der Waals surface area contributed by atoms with Crippen LogP contribution in [0.5, 0.6) is 0 Å². The summed E-state index contributed by atoms with van der Waals surface area (Å²) in [5.74, 6) is 0. The van der Waals surface area contributed by atoms with Crippen LogP contribution in [0.4, 0.5) is 0 Å². The van der Waals surface area contributed by atoms with Crippen LogP contribution in [0, 0.1) is 38.5 Å². The van der Waals surface area contributed by atoms with Gasteiger partial charge in [0.2, 0.25) is 0 Å². The molecule has 66 valence electrons. The third kappa shape index (κ3) is 97.5. The third-order valence-electron chi connectivity index (χ3n) is 0.500. The summed E-state index contributed by atoms with van der Waals surface area (Å²) >= 11 is 0. The van der Waals surface area contributed by atoms with Crippen molar-refractivity contribution in [3.05, 3.63) is 7.43 Å². The minimum absolute atomic E-state index is 0. The molecule has 0 N–H and O–H groups in total. The second-order valence-electron chi connectivity index (χ2n) is 1.71. The van der Waals surface area contributed by atoms with E-state index in [2.05, 4.69) is 27.7 Å². The zero-order valence-corrected chi connectivity index (χ0v) is 14.5. The fraction of sp³-hybridized carbons (Fsp3) is 0.875. The van der Waals surface area contributed by atoms with Gasteiger partial charge in [0.15, 0.2) is 0 Å². The first-order valence-corrected chi connectivity index (χ1v) is 3.33. The van der Waals surface area contributed by atoms with E-state index in [0.29, 0.717) is 0 Å². The van der Waals surface area contributed by atoms with E-state index in [4.69, 9.17) is 0 Å². The molecule has 0 radical (unpaired) electrons. The first-order valence-electron chi connectivity index (χ1n) is 3.33. The summed E-state index contributed by atoms with van der Waals surface area (Å²) in [5, 5.41) is 0. The molecule has 0 nitrogen and oxygen atoms in total. The minimum atomic E-state index is 0. The maximum absolute atomic E-state index is 2.18. The molecule has 0 unspecified atom stereocenters. The van der Waals surface area contributed by atoms with Gasteiger partial charge in [-0.3, -0.25) is 0 Å². The molecule has 0 rings (SSSR count). The zero-order valence-electron chi connectivity index (χ0n) is 8.03. The molecule has 10 heavy (non-hydrogen) atoms. The predicted octanol–water partition coefficient (Wildman–Crippen LogP) is 4.29. The molecule has 0 saturated carbocycles. The molecule has 0 amide bonds. The Balaban J connectivity index is -0.0000000131. The van der Waals surface area contributed by atoms with E-state index >= 15 is 0 Å². The third-order valence-corrected chi connectivity index (χ3v) is 0.500. The maximum Gasteiger partial charge on any atom is 0 e. The average Bonchev–Trinajstić information content (AvgIpc) is 1.69. The predicted molar refractivity (Wildman–Crippen MR) is 58.4 cm³/mol. The molecule has 0 fully saturated rings. The van der Waals surface area contributed by atoms with E-state index in [1.165, 1.54) is 19.3 Å². The topological polar surface area (TPSA) is 0 Å². The van der Waals surface area contributed by atoms with Gasteiger partial charge in [-0.15, -0.1) is 24.0 Å². The molecule has 0 bridgehead atoms. The Labute approximate surface area is 108 Å². The number of halogens is 1. The van der Waals surface area contributed by atoms with Gasteiger partial charge in [-0.1, -0.05) is 47.0 Å². The second-order valence-corrected chi connectivity index (χ2v) is 1.71. The zero-order chi connectivity index (χ0) is 6.12. The van der Waals surface area contributed by atoms with E-state index in [-0.39, 0.29) is 62.5 Å². The smallest absolute Gasteiger partial charge is 0 e. The largest absolute Gasteiger partial charge is 0.358 e. The van der Waals surface area contributed by atoms with Crippen molar-refractivity contribution in [2.24, 2.45) is 0 Å². The number of unbranched alkanes of at least 4 members (excludes halogenated alkanes) is 1. The first-order chi connectivity index (χ1) is 3.33. The van der Waals surface area contributed by atoms with Gasteiger partial charge in [0.1, 0.15) is 0 Å². The Morgan fingerprint density at radius 2 is 0.900 bits per heavy atom. The van der Waals surface area contributed by atoms with Gasteiger partial charge in [-0.05, 0) is 0 Å². The molecule has 0 aliphatic carbocycles. The molecular formula is C8H22IU-. The van der Waals surface area contributed by atoms with E-state index in [9.17, 15) is 0 Å². The summed E-state index contributed by atoms with van der Waals surface area (Å²) in [6.07, 6.45) is 3.89. The average molecular weight is 483 g/mol. The molecular weight excluding hydrogens is 461 g/mol. The van der Waals surface area contributed by atoms with Crippen LogP contribution in [0.15, 0.2) is 0 Å². The van der Waals surface area contributed by atoms with Crippen LogP contribution in [0.3, 0.4) is 0 Å². The van der Waals surface area contributed by atoms with Crippen molar-refractivity contribution in [1.82, 2.24) is 0 Å². The summed E-state index contributed by atoms with van der Waals surface area (Å²) in [7, 11) is 0. The van der Waals surface area contributed by atoms with Crippen LogP contribution >= 0.6 is 24.0 Å². The molecule has 0 aromatic heterocycles. The monoisotopic (exact) mass is 483 g/mol. The Kier molecular flexibility index (Phi) is 134. The summed E-state index contributed by atoms with van der Waals surface area (Å²) < 4.78 is 0. The molecule has 0 aromatic rings. The fourth-order valence-corrected chi connectivity index (χ4v) is 0. The molecule has 0 aliphatic rings. The molecule has 0 heterocycles. The van der Waals surface area contributed by atoms with E-state index in [1.54, 1.807) is 0 Å². The SMILES string of the molecule is CCC.CCCC.I.[CH3-].[U]. The fourth-order valence-electron chi connectivity index (χ4n) is 0. The van der Waals surface area contributed by atoms with Crippen molar-refractivity contribution >= 4 is 24.0 Å². The summed E-state index contributed by atoms with van der Waals surface area (Å²) in [6, 6.07) is 0. The normalized spacial score (nSPS) is 4.80. The standard InChI is InChI=1S/C4H10.C3H8.CH3.HI.U/c1-3-4-2;1-3-2;;;/h3-4H2,1-2H3;3H2,1-2H3;1H3;1H;/q;;-1;;. The van der Waals surface area contributed by atoms with Crippen LogP contribution in [0.1, 0.15) is 47.0 Å². The van der Waals surface area contributed by atoms with Gasteiger partial charge in [0.25, 0.3) is 0 Å². The van der Waals surface area contributed by atoms with Crippen LogP contribution in [-0.2, 0) is 0 Å². The van der Waals surface area contributed by atoms with Gasteiger partial charge in [0, 0.05) is 31.1 Å². The van der Waals surface area contributed by atoms with Gasteiger partial charge in [-0.25, -0.2) is 0 Å². The van der Waals surface area contributed by atoms with Gasteiger partial charge >= 0.3 is 0 Å². The van der Waals surface area contributed by atoms with Crippen molar-refractivity contribution < 1.29 is 31.1 Å². The number of rotatable bonds is 1.